The largest absolute Gasteiger partial charge is 0.310 e. The number of nitrogens with zero attached hydrogens (tertiary/aromatic N) is 2. The minimum atomic E-state index is -0.684. The lowest BCUT2D eigenvalue weighted by molar-refractivity contribution is 0.660. The van der Waals surface area contributed by atoms with E-state index in [0.29, 0.717) is 5.92 Å². The van der Waals surface area contributed by atoms with E-state index in [9.17, 15) is 0 Å². The molecule has 0 heterocycles. The maximum atomic E-state index is 2.53. The van der Waals surface area contributed by atoms with Gasteiger partial charge in [0.15, 0.2) is 0 Å². The van der Waals surface area contributed by atoms with Crippen LogP contribution >= 0.6 is 0 Å². The van der Waals surface area contributed by atoms with Crippen molar-refractivity contribution in [2.45, 2.75) is 51.9 Å². The van der Waals surface area contributed by atoms with Gasteiger partial charge in [0.2, 0.25) is 0 Å². The van der Waals surface area contributed by atoms with Crippen molar-refractivity contribution in [1.29, 1.82) is 0 Å². The fourth-order valence-electron chi connectivity index (χ4n) is 14.2. The number of anilines is 6. The van der Waals surface area contributed by atoms with Crippen LogP contribution in [-0.4, -0.2) is 0 Å². The van der Waals surface area contributed by atoms with Crippen molar-refractivity contribution < 1.29 is 0 Å². The third-order valence-corrected chi connectivity index (χ3v) is 18.1. The van der Waals surface area contributed by atoms with Crippen LogP contribution in [0.15, 0.2) is 267 Å². The molecule has 11 aromatic carbocycles. The van der Waals surface area contributed by atoms with E-state index in [1.54, 1.807) is 0 Å². The van der Waals surface area contributed by atoms with Crippen molar-refractivity contribution in [3.8, 4) is 55.6 Å². The lowest BCUT2D eigenvalue weighted by Crippen LogP contribution is -2.29. The Labute approximate surface area is 477 Å². The Morgan fingerprint density at radius 3 is 1.35 bits per heavy atom. The Morgan fingerprint density at radius 2 is 0.753 bits per heavy atom. The van der Waals surface area contributed by atoms with E-state index in [0.717, 1.165) is 40.5 Å². The van der Waals surface area contributed by atoms with E-state index >= 15 is 0 Å². The van der Waals surface area contributed by atoms with Crippen LogP contribution in [0.25, 0.3) is 61.2 Å². The zero-order valence-corrected chi connectivity index (χ0v) is 46.6. The van der Waals surface area contributed by atoms with Crippen LogP contribution in [0.2, 0.25) is 0 Å². The molecule has 15 rings (SSSR count). The summed E-state index contributed by atoms with van der Waals surface area (Å²) in [6, 6.07) is 94.4. The first-order chi connectivity index (χ1) is 39.6. The van der Waals surface area contributed by atoms with Crippen LogP contribution in [-0.2, 0) is 10.8 Å². The zero-order valence-electron chi connectivity index (χ0n) is 46.6. The Morgan fingerprint density at radius 1 is 0.346 bits per heavy atom. The van der Waals surface area contributed by atoms with Crippen molar-refractivity contribution in [3.63, 3.8) is 0 Å². The summed E-state index contributed by atoms with van der Waals surface area (Å²) in [6.45, 7) is 11.4. The number of aryl methyl sites for hydroxylation is 2. The summed E-state index contributed by atoms with van der Waals surface area (Å²) >= 11 is 0. The van der Waals surface area contributed by atoms with Crippen LogP contribution in [0.3, 0.4) is 0 Å². The molecule has 4 aliphatic rings. The highest BCUT2D eigenvalue weighted by atomic mass is 15.1. The fraction of sp³-hybridized carbons (Fsp3) is 0.114. The Hall–Kier alpha value is -9.50. The molecule has 2 heteroatoms. The normalized spacial score (nSPS) is 15.3. The van der Waals surface area contributed by atoms with Gasteiger partial charge in [0, 0.05) is 39.4 Å². The number of hydrogen-bond donors (Lipinski definition) is 0. The first-order valence-electron chi connectivity index (χ1n) is 28.8. The molecule has 1 atom stereocenters. The second kappa shape index (κ2) is 18.8. The SMILES string of the molecule is Cc1ccc(N(c2ccc(C)cc2)c2ccc3c(c2)C2(c4ccccc4-c4ccccc4-c4ccccc42)c2cc(-c4ccc(N(c5ccc6c(c5)C(C)(C)c5ccccc5-6)c5ccccc5C5=CC(C)CC=C5)cc4)ccc2-3)cc1. The molecule has 0 radical (unpaired) electrons. The first kappa shape index (κ1) is 48.6. The molecule has 0 bridgehead atoms. The Kier molecular flexibility index (Phi) is 11.3. The summed E-state index contributed by atoms with van der Waals surface area (Å²) in [7, 11) is 0. The predicted octanol–water partition coefficient (Wildman–Crippen LogP) is 21.2. The highest BCUT2D eigenvalue weighted by Crippen LogP contribution is 2.63. The van der Waals surface area contributed by atoms with Gasteiger partial charge < -0.3 is 9.80 Å². The van der Waals surface area contributed by atoms with Gasteiger partial charge in [0.05, 0.1) is 11.1 Å². The minimum absolute atomic E-state index is 0.143. The van der Waals surface area contributed by atoms with E-state index in [2.05, 4.69) is 311 Å². The molecule has 0 N–H and O–H groups in total. The summed E-state index contributed by atoms with van der Waals surface area (Å²) in [5, 5.41) is 0. The Balaban J connectivity index is 0.923. The molecule has 0 amide bonds. The molecule has 0 aromatic heterocycles. The number of benzene rings is 11. The second-order valence-corrected chi connectivity index (χ2v) is 23.4. The van der Waals surface area contributed by atoms with Gasteiger partial charge in [0.1, 0.15) is 0 Å². The van der Waals surface area contributed by atoms with Gasteiger partial charge >= 0.3 is 0 Å². The van der Waals surface area contributed by atoms with E-state index in [4.69, 9.17) is 0 Å². The molecular formula is C79H62N2. The first-order valence-corrected chi connectivity index (χ1v) is 28.8. The van der Waals surface area contributed by atoms with Crippen molar-refractivity contribution in [3.05, 3.63) is 317 Å². The average molecular weight is 1040 g/mol. The topological polar surface area (TPSA) is 6.48 Å². The summed E-state index contributed by atoms with van der Waals surface area (Å²) in [5.74, 6) is 0.466. The quantitative estimate of drug-likeness (QED) is 0.150. The lowest BCUT2D eigenvalue weighted by atomic mass is 9.65. The zero-order chi connectivity index (χ0) is 54.6. The molecule has 1 unspecified atom stereocenters. The number of allylic oxidation sites excluding steroid dienone is 4. The standard InChI is InChI=1S/C79H62N2/c1-51-29-36-57(37-30-51)80(58-38-31-52(2)32-39-58)60-42-46-70-69-44-35-55(48-75(69)79(76(70)50-60)72-26-13-9-22-65(72)63-20-6-7-21-64(63)66-23-10-14-27-73(66)79)54-33-40-59(41-34-54)81(77-28-15-11-19-62(77)56-18-16-17-53(3)47-56)61-43-45-68-67-24-8-12-25-71(67)78(4,5)74(68)49-61/h6-16,18-50,53H,17H2,1-5H3. The molecule has 2 nitrogen and oxygen atoms in total. The van der Waals surface area contributed by atoms with E-state index in [1.807, 2.05) is 0 Å². The van der Waals surface area contributed by atoms with Crippen LogP contribution in [0, 0.1) is 19.8 Å². The summed E-state index contributed by atoms with van der Waals surface area (Å²) in [6.07, 6.45) is 8.15. The van der Waals surface area contributed by atoms with Gasteiger partial charge in [-0.25, -0.2) is 0 Å². The van der Waals surface area contributed by atoms with Crippen molar-refractivity contribution in [2.24, 2.45) is 5.92 Å². The molecule has 0 saturated carbocycles. The lowest BCUT2D eigenvalue weighted by Gasteiger charge is -2.36. The second-order valence-electron chi connectivity index (χ2n) is 23.4. The van der Waals surface area contributed by atoms with E-state index in [1.165, 1.54) is 111 Å². The average Bonchev–Trinajstić information content (AvgIpc) is 3.02. The highest BCUT2D eigenvalue weighted by molar-refractivity contribution is 5.99. The number of hydrogen-bond acceptors (Lipinski definition) is 2. The summed E-state index contributed by atoms with van der Waals surface area (Å²) in [5.41, 5.74) is 31.4. The number of para-hydroxylation sites is 1. The fourth-order valence-corrected chi connectivity index (χ4v) is 14.2. The maximum Gasteiger partial charge on any atom is 0.0726 e. The Bertz CT molecular complexity index is 4270. The highest BCUT2D eigenvalue weighted by Gasteiger charge is 2.50. The molecule has 11 aromatic rings. The van der Waals surface area contributed by atoms with Crippen LogP contribution < -0.4 is 9.80 Å². The van der Waals surface area contributed by atoms with Crippen LogP contribution in [0.4, 0.5) is 34.1 Å². The van der Waals surface area contributed by atoms with Crippen LogP contribution in [0.1, 0.15) is 77.3 Å². The smallest absolute Gasteiger partial charge is 0.0726 e. The molecule has 1 spiro atoms. The summed E-state index contributed by atoms with van der Waals surface area (Å²) in [4.78, 5) is 4.92. The van der Waals surface area contributed by atoms with Gasteiger partial charge in [-0.3, -0.25) is 0 Å². The van der Waals surface area contributed by atoms with E-state index < -0.39 is 5.41 Å². The molecule has 0 fully saturated rings. The number of fused-ring (bicyclic) bond motifs is 15. The maximum absolute atomic E-state index is 2.53. The van der Waals surface area contributed by atoms with Gasteiger partial charge in [-0.05, 0) is 194 Å². The third-order valence-electron chi connectivity index (χ3n) is 18.1. The number of rotatable bonds is 8. The molecule has 4 aliphatic carbocycles. The van der Waals surface area contributed by atoms with Gasteiger partial charge in [-0.1, -0.05) is 226 Å². The molecule has 0 saturated heterocycles. The molecule has 81 heavy (non-hydrogen) atoms. The van der Waals surface area contributed by atoms with Gasteiger partial charge in [0.25, 0.3) is 0 Å². The summed E-state index contributed by atoms with van der Waals surface area (Å²) < 4.78 is 0. The van der Waals surface area contributed by atoms with Gasteiger partial charge in [-0.2, -0.15) is 0 Å². The third kappa shape index (κ3) is 7.61. The van der Waals surface area contributed by atoms with Crippen molar-refractivity contribution in [2.75, 3.05) is 9.80 Å². The van der Waals surface area contributed by atoms with Gasteiger partial charge in [-0.15, -0.1) is 0 Å². The van der Waals surface area contributed by atoms with Crippen LogP contribution in [0.5, 0.6) is 0 Å². The van der Waals surface area contributed by atoms with Crippen molar-refractivity contribution in [1.82, 2.24) is 0 Å². The predicted molar refractivity (Wildman–Crippen MR) is 341 cm³/mol. The minimum Gasteiger partial charge on any atom is -0.310 e. The van der Waals surface area contributed by atoms with E-state index in [-0.39, 0.29) is 5.41 Å². The molecule has 0 aliphatic heterocycles. The van der Waals surface area contributed by atoms with Crippen molar-refractivity contribution >= 4 is 39.7 Å². The monoisotopic (exact) mass is 1040 g/mol. The molecule has 388 valence electrons. The molecular weight excluding hydrogens is 977 g/mol.